The molecule has 2 aromatic carbocycles. The van der Waals surface area contributed by atoms with Crippen LogP contribution in [0.4, 0.5) is 4.39 Å². The van der Waals surface area contributed by atoms with Crippen molar-refractivity contribution in [1.82, 2.24) is 4.90 Å². The van der Waals surface area contributed by atoms with Crippen molar-refractivity contribution in [3.05, 3.63) is 66.0 Å². The van der Waals surface area contributed by atoms with Crippen molar-refractivity contribution < 1.29 is 9.13 Å². The average molecular weight is 273 g/mol. The molecular weight excluding hydrogens is 253 g/mol. The minimum atomic E-state index is -0.236. The largest absolute Gasteiger partial charge is 0.494 e. The predicted octanol–water partition coefficient (Wildman–Crippen LogP) is 3.73. The summed E-state index contributed by atoms with van der Waals surface area (Å²) in [5.41, 5.74) is 1.31. The lowest BCUT2D eigenvalue weighted by Gasteiger charge is -2.16. The molecule has 0 heterocycles. The first-order valence-electron chi connectivity index (χ1n) is 6.85. The van der Waals surface area contributed by atoms with E-state index in [2.05, 4.69) is 36.2 Å². The Morgan fingerprint density at radius 1 is 1.00 bits per heavy atom. The van der Waals surface area contributed by atoms with Crippen molar-refractivity contribution in [1.29, 1.82) is 0 Å². The lowest BCUT2D eigenvalue weighted by Crippen LogP contribution is -2.20. The Balaban J connectivity index is 1.64. The molecule has 106 valence electrons. The van der Waals surface area contributed by atoms with Crippen LogP contribution in [0.15, 0.2) is 54.6 Å². The third-order valence-corrected chi connectivity index (χ3v) is 3.06. The van der Waals surface area contributed by atoms with E-state index in [1.54, 1.807) is 12.1 Å². The minimum Gasteiger partial charge on any atom is -0.494 e. The highest BCUT2D eigenvalue weighted by atomic mass is 19.1. The van der Waals surface area contributed by atoms with Gasteiger partial charge in [0, 0.05) is 13.1 Å². The topological polar surface area (TPSA) is 12.5 Å². The van der Waals surface area contributed by atoms with Crippen molar-refractivity contribution in [3.8, 4) is 5.75 Å². The molecule has 0 aromatic heterocycles. The van der Waals surface area contributed by atoms with Gasteiger partial charge in [0.2, 0.25) is 0 Å². The summed E-state index contributed by atoms with van der Waals surface area (Å²) in [6, 6.07) is 16.5. The molecule has 0 unspecified atom stereocenters. The summed E-state index contributed by atoms with van der Waals surface area (Å²) in [5, 5.41) is 0. The maximum Gasteiger partial charge on any atom is 0.123 e. The van der Waals surface area contributed by atoms with Gasteiger partial charge in [-0.1, -0.05) is 30.3 Å². The molecule has 0 saturated heterocycles. The van der Waals surface area contributed by atoms with Gasteiger partial charge < -0.3 is 9.64 Å². The smallest absolute Gasteiger partial charge is 0.123 e. The molecule has 2 rings (SSSR count). The molecule has 0 N–H and O–H groups in total. The zero-order chi connectivity index (χ0) is 14.2. The molecule has 2 nitrogen and oxygen atoms in total. The second kappa shape index (κ2) is 7.65. The van der Waals surface area contributed by atoms with Crippen LogP contribution in [0.2, 0.25) is 0 Å². The molecule has 0 spiro atoms. The number of hydrogen-bond donors (Lipinski definition) is 0. The Hall–Kier alpha value is -1.87. The normalized spacial score (nSPS) is 10.8. The van der Waals surface area contributed by atoms with Gasteiger partial charge in [-0.3, -0.25) is 0 Å². The van der Waals surface area contributed by atoms with Crippen LogP contribution in [0.5, 0.6) is 5.75 Å². The van der Waals surface area contributed by atoms with Crippen LogP contribution in [0.25, 0.3) is 0 Å². The standard InChI is InChI=1S/C17H20FNO/c1-19(14-15-6-3-2-4-7-15)12-5-13-20-17-10-8-16(18)9-11-17/h2-4,6-11H,5,12-14H2,1H3. The molecule has 0 aliphatic carbocycles. The number of benzene rings is 2. The maximum atomic E-state index is 12.7. The molecule has 0 amide bonds. The van der Waals surface area contributed by atoms with Crippen molar-refractivity contribution in [2.24, 2.45) is 0 Å². The van der Waals surface area contributed by atoms with E-state index in [1.807, 2.05) is 6.07 Å². The van der Waals surface area contributed by atoms with Crippen molar-refractivity contribution in [2.45, 2.75) is 13.0 Å². The van der Waals surface area contributed by atoms with Gasteiger partial charge in [-0.05, 0) is 43.3 Å². The van der Waals surface area contributed by atoms with Crippen LogP contribution in [0, 0.1) is 5.82 Å². The van der Waals surface area contributed by atoms with Crippen LogP contribution in [0.3, 0.4) is 0 Å². The Morgan fingerprint density at radius 2 is 1.70 bits per heavy atom. The Labute approximate surface area is 119 Å². The summed E-state index contributed by atoms with van der Waals surface area (Å²) < 4.78 is 18.3. The second-order valence-electron chi connectivity index (χ2n) is 4.88. The van der Waals surface area contributed by atoms with E-state index in [0.29, 0.717) is 6.61 Å². The molecule has 0 atom stereocenters. The van der Waals surface area contributed by atoms with Crippen LogP contribution in [-0.2, 0) is 6.54 Å². The predicted molar refractivity (Wildman–Crippen MR) is 79.3 cm³/mol. The molecule has 0 aliphatic rings. The SMILES string of the molecule is CN(CCCOc1ccc(F)cc1)Cc1ccccc1. The monoisotopic (exact) mass is 273 g/mol. The van der Waals surface area contributed by atoms with Gasteiger partial charge in [0.05, 0.1) is 6.61 Å². The van der Waals surface area contributed by atoms with E-state index in [9.17, 15) is 4.39 Å². The molecular formula is C17H20FNO. The van der Waals surface area contributed by atoms with Gasteiger partial charge in [-0.15, -0.1) is 0 Å². The number of ether oxygens (including phenoxy) is 1. The summed E-state index contributed by atoms with van der Waals surface area (Å²) in [7, 11) is 2.10. The summed E-state index contributed by atoms with van der Waals surface area (Å²) >= 11 is 0. The summed E-state index contributed by atoms with van der Waals surface area (Å²) in [4.78, 5) is 2.27. The molecule has 2 aromatic rings. The highest BCUT2D eigenvalue weighted by Gasteiger charge is 2.00. The van der Waals surface area contributed by atoms with Gasteiger partial charge >= 0.3 is 0 Å². The van der Waals surface area contributed by atoms with Gasteiger partial charge in [0.25, 0.3) is 0 Å². The fraction of sp³-hybridized carbons (Fsp3) is 0.294. The third kappa shape index (κ3) is 5.02. The number of hydrogen-bond acceptors (Lipinski definition) is 2. The fourth-order valence-corrected chi connectivity index (χ4v) is 2.03. The van der Waals surface area contributed by atoms with E-state index in [0.717, 1.165) is 25.3 Å². The first-order valence-corrected chi connectivity index (χ1v) is 6.85. The molecule has 20 heavy (non-hydrogen) atoms. The molecule has 0 aliphatic heterocycles. The number of nitrogens with zero attached hydrogens (tertiary/aromatic N) is 1. The average Bonchev–Trinajstić information content (AvgIpc) is 2.46. The Morgan fingerprint density at radius 3 is 2.40 bits per heavy atom. The van der Waals surface area contributed by atoms with Crippen LogP contribution in [-0.4, -0.2) is 25.1 Å². The van der Waals surface area contributed by atoms with Gasteiger partial charge in [-0.2, -0.15) is 0 Å². The van der Waals surface area contributed by atoms with Gasteiger partial charge in [-0.25, -0.2) is 4.39 Å². The van der Waals surface area contributed by atoms with E-state index >= 15 is 0 Å². The maximum absolute atomic E-state index is 12.7. The third-order valence-electron chi connectivity index (χ3n) is 3.06. The highest BCUT2D eigenvalue weighted by molar-refractivity contribution is 5.21. The zero-order valence-corrected chi connectivity index (χ0v) is 11.8. The van der Waals surface area contributed by atoms with E-state index in [4.69, 9.17) is 4.74 Å². The Kier molecular flexibility index (Phi) is 5.56. The minimum absolute atomic E-state index is 0.236. The van der Waals surface area contributed by atoms with Gasteiger partial charge in [0.1, 0.15) is 11.6 Å². The second-order valence-corrected chi connectivity index (χ2v) is 4.88. The van der Waals surface area contributed by atoms with E-state index in [1.165, 1.54) is 17.7 Å². The van der Waals surface area contributed by atoms with E-state index in [-0.39, 0.29) is 5.82 Å². The molecule has 0 radical (unpaired) electrons. The van der Waals surface area contributed by atoms with Crippen molar-refractivity contribution in [2.75, 3.05) is 20.2 Å². The quantitative estimate of drug-likeness (QED) is 0.713. The van der Waals surface area contributed by atoms with Gasteiger partial charge in [0.15, 0.2) is 0 Å². The fourth-order valence-electron chi connectivity index (χ4n) is 2.03. The highest BCUT2D eigenvalue weighted by Crippen LogP contribution is 2.11. The Bertz CT molecular complexity index is 498. The zero-order valence-electron chi connectivity index (χ0n) is 11.8. The molecule has 0 fully saturated rings. The summed E-state index contributed by atoms with van der Waals surface area (Å²) in [6.07, 6.45) is 0.945. The van der Waals surface area contributed by atoms with Crippen LogP contribution < -0.4 is 4.74 Å². The lowest BCUT2D eigenvalue weighted by molar-refractivity contribution is 0.258. The first kappa shape index (κ1) is 14.5. The summed E-state index contributed by atoms with van der Waals surface area (Å²) in [5.74, 6) is 0.483. The van der Waals surface area contributed by atoms with Crippen molar-refractivity contribution in [3.63, 3.8) is 0 Å². The van der Waals surface area contributed by atoms with Crippen LogP contribution in [0.1, 0.15) is 12.0 Å². The molecule has 0 bridgehead atoms. The van der Waals surface area contributed by atoms with Crippen LogP contribution >= 0.6 is 0 Å². The first-order chi connectivity index (χ1) is 9.74. The van der Waals surface area contributed by atoms with Crippen molar-refractivity contribution >= 4 is 0 Å². The van der Waals surface area contributed by atoms with E-state index < -0.39 is 0 Å². The number of halogens is 1. The molecule has 0 saturated carbocycles. The summed E-state index contributed by atoms with van der Waals surface area (Å²) in [6.45, 7) is 2.55. The molecule has 3 heteroatoms. The number of rotatable bonds is 7. The lowest BCUT2D eigenvalue weighted by atomic mass is 10.2.